The van der Waals surface area contributed by atoms with Crippen LogP contribution < -0.4 is 9.47 Å². The summed E-state index contributed by atoms with van der Waals surface area (Å²) in [5, 5.41) is 36.8. The number of phenols is 2. The molecule has 0 atom stereocenters. The normalized spacial score (nSPS) is 10.4. The van der Waals surface area contributed by atoms with E-state index in [4.69, 9.17) is 19.7 Å². The quantitative estimate of drug-likeness (QED) is 0.465. The molecule has 0 bridgehead atoms. The third-order valence-electron chi connectivity index (χ3n) is 3.73. The highest BCUT2D eigenvalue weighted by molar-refractivity contribution is 5.91. The van der Waals surface area contributed by atoms with E-state index < -0.39 is 11.9 Å². The van der Waals surface area contributed by atoms with E-state index in [1.54, 1.807) is 0 Å². The maximum absolute atomic E-state index is 10.8. The van der Waals surface area contributed by atoms with Crippen molar-refractivity contribution in [3.8, 4) is 23.0 Å². The Labute approximate surface area is 155 Å². The van der Waals surface area contributed by atoms with Crippen LogP contribution in [0.4, 0.5) is 0 Å². The third-order valence-corrected chi connectivity index (χ3v) is 3.73. The van der Waals surface area contributed by atoms with E-state index in [1.807, 2.05) is 0 Å². The molecule has 0 saturated carbocycles. The molecule has 2 rings (SSSR count). The summed E-state index contributed by atoms with van der Waals surface area (Å²) in [5.41, 5.74) is -0.358. The lowest BCUT2D eigenvalue weighted by Crippen LogP contribution is -2.02. The Balaban J connectivity index is 1.65. The van der Waals surface area contributed by atoms with Gasteiger partial charge >= 0.3 is 11.9 Å². The zero-order valence-corrected chi connectivity index (χ0v) is 14.4. The molecule has 4 N–H and O–H groups in total. The fourth-order valence-corrected chi connectivity index (χ4v) is 2.33. The van der Waals surface area contributed by atoms with Gasteiger partial charge in [-0.15, -0.1) is 0 Å². The summed E-state index contributed by atoms with van der Waals surface area (Å²) in [6, 6.07) is 8.07. The molecule has 144 valence electrons. The molecular formula is C19H20O8. The van der Waals surface area contributed by atoms with Crippen molar-refractivity contribution in [3.05, 3.63) is 47.5 Å². The van der Waals surface area contributed by atoms with Gasteiger partial charge in [-0.25, -0.2) is 9.59 Å². The molecule has 0 aliphatic heterocycles. The van der Waals surface area contributed by atoms with Crippen LogP contribution in [0.15, 0.2) is 36.4 Å². The van der Waals surface area contributed by atoms with Gasteiger partial charge in [0.05, 0.1) is 13.2 Å². The van der Waals surface area contributed by atoms with Gasteiger partial charge in [0.2, 0.25) is 0 Å². The smallest absolute Gasteiger partial charge is 0.339 e. The average molecular weight is 376 g/mol. The van der Waals surface area contributed by atoms with E-state index in [2.05, 4.69) is 0 Å². The lowest BCUT2D eigenvalue weighted by Gasteiger charge is -2.09. The second-order valence-corrected chi connectivity index (χ2v) is 5.73. The van der Waals surface area contributed by atoms with E-state index in [0.29, 0.717) is 24.7 Å². The summed E-state index contributed by atoms with van der Waals surface area (Å²) < 4.78 is 10.9. The first-order chi connectivity index (χ1) is 12.9. The number of benzene rings is 2. The lowest BCUT2D eigenvalue weighted by molar-refractivity contribution is 0.0682. The van der Waals surface area contributed by atoms with Gasteiger partial charge in [0.1, 0.15) is 34.1 Å². The van der Waals surface area contributed by atoms with Gasteiger partial charge in [0.25, 0.3) is 0 Å². The molecule has 8 heteroatoms. The molecule has 2 aromatic rings. The van der Waals surface area contributed by atoms with Crippen LogP contribution in [0.2, 0.25) is 0 Å². The minimum atomic E-state index is -1.20. The Morgan fingerprint density at radius 2 is 1.11 bits per heavy atom. The maximum Gasteiger partial charge on any atom is 0.339 e. The fraction of sp³-hybridized carbons (Fsp3) is 0.263. The van der Waals surface area contributed by atoms with E-state index in [1.165, 1.54) is 36.4 Å². The van der Waals surface area contributed by atoms with E-state index >= 15 is 0 Å². The number of ether oxygens (including phenoxy) is 2. The second-order valence-electron chi connectivity index (χ2n) is 5.73. The summed E-state index contributed by atoms with van der Waals surface area (Å²) in [6.07, 6.45) is 2.26. The Kier molecular flexibility index (Phi) is 6.87. The van der Waals surface area contributed by atoms with Crippen molar-refractivity contribution in [2.45, 2.75) is 19.3 Å². The highest BCUT2D eigenvalue weighted by Crippen LogP contribution is 2.25. The maximum atomic E-state index is 10.8. The molecule has 0 spiro atoms. The predicted molar refractivity (Wildman–Crippen MR) is 95.0 cm³/mol. The van der Waals surface area contributed by atoms with Gasteiger partial charge in [-0.1, -0.05) is 0 Å². The highest BCUT2D eigenvalue weighted by Gasteiger charge is 2.11. The lowest BCUT2D eigenvalue weighted by atomic mass is 10.2. The Morgan fingerprint density at radius 1 is 0.704 bits per heavy atom. The number of aromatic hydroxyl groups is 2. The summed E-state index contributed by atoms with van der Waals surface area (Å²) in [6.45, 7) is 0.805. The van der Waals surface area contributed by atoms with Crippen LogP contribution in [0, 0.1) is 0 Å². The number of hydrogen-bond donors (Lipinski definition) is 4. The molecule has 27 heavy (non-hydrogen) atoms. The second kappa shape index (κ2) is 9.33. The van der Waals surface area contributed by atoms with Crippen LogP contribution in [0.3, 0.4) is 0 Å². The first kappa shape index (κ1) is 19.9. The number of carboxylic acids is 2. The van der Waals surface area contributed by atoms with Crippen molar-refractivity contribution in [1.29, 1.82) is 0 Å². The van der Waals surface area contributed by atoms with E-state index in [-0.39, 0.29) is 22.6 Å². The van der Waals surface area contributed by atoms with E-state index in [9.17, 15) is 19.8 Å². The first-order valence-corrected chi connectivity index (χ1v) is 8.26. The zero-order valence-electron chi connectivity index (χ0n) is 14.4. The molecule has 8 nitrogen and oxygen atoms in total. The van der Waals surface area contributed by atoms with Crippen LogP contribution in [0.1, 0.15) is 40.0 Å². The van der Waals surface area contributed by atoms with Gasteiger partial charge in [0, 0.05) is 12.1 Å². The Bertz CT molecular complexity index is 748. The van der Waals surface area contributed by atoms with Crippen molar-refractivity contribution < 1.29 is 39.5 Å². The monoisotopic (exact) mass is 376 g/mol. The van der Waals surface area contributed by atoms with Gasteiger partial charge in [-0.05, 0) is 43.5 Å². The van der Waals surface area contributed by atoms with Crippen LogP contribution in [0.25, 0.3) is 0 Å². The fourth-order valence-electron chi connectivity index (χ4n) is 2.33. The van der Waals surface area contributed by atoms with Crippen LogP contribution in [-0.4, -0.2) is 45.6 Å². The minimum absolute atomic E-state index is 0.179. The van der Waals surface area contributed by atoms with Crippen molar-refractivity contribution in [1.82, 2.24) is 0 Å². The number of rotatable bonds is 10. The number of carboxylic acid groups (broad SMARTS) is 2. The van der Waals surface area contributed by atoms with Gasteiger partial charge in [-0.2, -0.15) is 0 Å². The van der Waals surface area contributed by atoms with Gasteiger partial charge < -0.3 is 29.9 Å². The molecule has 0 amide bonds. The average Bonchev–Trinajstić information content (AvgIpc) is 2.60. The molecule has 2 aromatic carbocycles. The van der Waals surface area contributed by atoms with Crippen LogP contribution in [-0.2, 0) is 0 Å². The Hall–Kier alpha value is -3.42. The van der Waals surface area contributed by atoms with Gasteiger partial charge in [0.15, 0.2) is 0 Å². The molecule has 0 aliphatic carbocycles. The molecule has 0 fully saturated rings. The van der Waals surface area contributed by atoms with Crippen molar-refractivity contribution in [3.63, 3.8) is 0 Å². The first-order valence-electron chi connectivity index (χ1n) is 8.26. The standard InChI is InChI=1S/C19H20O8/c20-16-10-12(4-6-14(16)18(22)23)26-8-2-1-3-9-27-13-5-7-15(19(24)25)17(21)11-13/h4-7,10-11,20-21H,1-3,8-9H2,(H,22,23)(H,24,25). The summed E-state index contributed by atoms with van der Waals surface area (Å²) >= 11 is 0. The summed E-state index contributed by atoms with van der Waals surface area (Å²) in [7, 11) is 0. The topological polar surface area (TPSA) is 134 Å². The number of aromatic carboxylic acids is 2. The summed E-state index contributed by atoms with van der Waals surface area (Å²) in [5.74, 6) is -2.31. The van der Waals surface area contributed by atoms with Gasteiger partial charge in [-0.3, -0.25) is 0 Å². The van der Waals surface area contributed by atoms with Crippen molar-refractivity contribution >= 4 is 11.9 Å². The number of unbranched alkanes of at least 4 members (excludes halogenated alkanes) is 2. The Morgan fingerprint density at radius 3 is 1.44 bits per heavy atom. The van der Waals surface area contributed by atoms with Crippen LogP contribution >= 0.6 is 0 Å². The number of carbonyl (C=O) groups is 2. The molecule has 0 heterocycles. The minimum Gasteiger partial charge on any atom is -0.507 e. The molecule has 0 unspecified atom stereocenters. The summed E-state index contributed by atoms with van der Waals surface area (Å²) in [4.78, 5) is 21.6. The SMILES string of the molecule is O=C(O)c1ccc(OCCCCCOc2ccc(C(=O)O)c(O)c2)cc1O. The predicted octanol–water partition coefficient (Wildman–Crippen LogP) is 3.12. The molecule has 0 aromatic heterocycles. The molecule has 0 saturated heterocycles. The zero-order chi connectivity index (χ0) is 19.8. The van der Waals surface area contributed by atoms with Crippen LogP contribution in [0.5, 0.6) is 23.0 Å². The highest BCUT2D eigenvalue weighted by atomic mass is 16.5. The molecular weight excluding hydrogens is 356 g/mol. The molecule has 0 radical (unpaired) electrons. The molecule has 0 aliphatic rings. The van der Waals surface area contributed by atoms with Crippen molar-refractivity contribution in [2.24, 2.45) is 0 Å². The van der Waals surface area contributed by atoms with E-state index in [0.717, 1.165) is 19.3 Å². The largest absolute Gasteiger partial charge is 0.507 e. The third kappa shape index (κ3) is 5.81. The number of hydrogen-bond acceptors (Lipinski definition) is 6. The van der Waals surface area contributed by atoms with Crippen molar-refractivity contribution in [2.75, 3.05) is 13.2 Å².